The van der Waals surface area contributed by atoms with Crippen LogP contribution in [0.3, 0.4) is 0 Å². The summed E-state index contributed by atoms with van der Waals surface area (Å²) in [5.41, 5.74) is 1.02. The summed E-state index contributed by atoms with van der Waals surface area (Å²) in [6, 6.07) is 7.31. The molecule has 1 aliphatic rings. The molecule has 2 amide bonds. The Morgan fingerprint density at radius 1 is 1.13 bits per heavy atom. The summed E-state index contributed by atoms with van der Waals surface area (Å²) in [6.07, 6.45) is 3.31. The molecule has 1 N–H and O–H groups in total. The second kappa shape index (κ2) is 9.61. The number of carbonyl (C=O) groups is 2. The lowest BCUT2D eigenvalue weighted by Gasteiger charge is -2.35. The summed E-state index contributed by atoms with van der Waals surface area (Å²) in [5.74, 6) is -0.101. The van der Waals surface area contributed by atoms with Crippen LogP contribution >= 0.6 is 15.9 Å². The zero-order chi connectivity index (χ0) is 21.7. The average Bonchev–Trinajstić information content (AvgIpc) is 3.13. The van der Waals surface area contributed by atoms with Crippen LogP contribution in [0.2, 0.25) is 0 Å². The van der Waals surface area contributed by atoms with Crippen LogP contribution in [0.5, 0.6) is 0 Å². The Kier molecular flexibility index (Phi) is 7.14. The summed E-state index contributed by atoms with van der Waals surface area (Å²) >= 11 is 3.37. The van der Waals surface area contributed by atoms with Crippen molar-refractivity contribution in [3.8, 4) is 5.69 Å². The van der Waals surface area contributed by atoms with E-state index in [1.165, 1.54) is 0 Å². The smallest absolute Gasteiger partial charge is 0.410 e. The number of hydrogen-bond acceptors (Lipinski definition) is 5. The maximum atomic E-state index is 12.4. The van der Waals surface area contributed by atoms with E-state index in [1.54, 1.807) is 27.9 Å². The lowest BCUT2D eigenvalue weighted by atomic mass is 10.2. The van der Waals surface area contributed by atoms with Crippen LogP contribution in [-0.4, -0.2) is 76.5 Å². The third kappa shape index (κ3) is 6.30. The van der Waals surface area contributed by atoms with Crippen molar-refractivity contribution in [3.63, 3.8) is 0 Å². The van der Waals surface area contributed by atoms with E-state index in [4.69, 9.17) is 4.74 Å². The Bertz CT molecular complexity index is 868. The minimum Gasteiger partial charge on any atom is -0.444 e. The fourth-order valence-corrected chi connectivity index (χ4v) is 3.40. The zero-order valence-electron chi connectivity index (χ0n) is 17.6. The van der Waals surface area contributed by atoms with Crippen LogP contribution in [0, 0.1) is 0 Å². The molecular weight excluding hydrogens is 450 g/mol. The van der Waals surface area contributed by atoms with Crippen molar-refractivity contribution in [2.75, 3.05) is 39.3 Å². The first kappa shape index (κ1) is 22.3. The second-order valence-corrected chi connectivity index (χ2v) is 9.13. The molecule has 0 saturated carbocycles. The first-order valence-electron chi connectivity index (χ1n) is 10.0. The molecule has 0 radical (unpaired) electrons. The number of amides is 2. The lowest BCUT2D eigenvalue weighted by Crippen LogP contribution is -2.51. The Morgan fingerprint density at radius 2 is 1.80 bits per heavy atom. The maximum Gasteiger partial charge on any atom is 0.410 e. The summed E-state index contributed by atoms with van der Waals surface area (Å²) in [4.78, 5) is 28.5. The molecule has 0 spiro atoms. The van der Waals surface area contributed by atoms with Crippen LogP contribution in [0.4, 0.5) is 4.79 Å². The summed E-state index contributed by atoms with van der Waals surface area (Å²) in [6.45, 7) is 9.70. The van der Waals surface area contributed by atoms with Crippen LogP contribution < -0.4 is 5.32 Å². The van der Waals surface area contributed by atoms with E-state index < -0.39 is 5.60 Å². The van der Waals surface area contributed by atoms with E-state index in [1.807, 2.05) is 39.1 Å². The van der Waals surface area contributed by atoms with E-state index in [-0.39, 0.29) is 12.0 Å². The molecule has 2 heterocycles. The van der Waals surface area contributed by atoms with E-state index >= 15 is 0 Å². The van der Waals surface area contributed by atoms with Crippen molar-refractivity contribution in [2.45, 2.75) is 26.4 Å². The molecule has 3 rings (SSSR count). The van der Waals surface area contributed by atoms with Crippen LogP contribution in [0.1, 0.15) is 31.1 Å². The molecule has 1 aromatic carbocycles. The first-order valence-corrected chi connectivity index (χ1v) is 10.8. The average molecular weight is 478 g/mol. The van der Waals surface area contributed by atoms with Gasteiger partial charge in [-0.05, 0) is 61.0 Å². The Hall–Kier alpha value is -2.39. The number of nitrogens with one attached hydrogen (secondary N) is 1. The molecular formula is C21H28BrN5O3. The molecule has 162 valence electrons. The van der Waals surface area contributed by atoms with E-state index in [0.717, 1.165) is 29.8 Å². The molecule has 1 aromatic heterocycles. The molecule has 2 aromatic rings. The van der Waals surface area contributed by atoms with Gasteiger partial charge in [-0.1, -0.05) is 0 Å². The monoisotopic (exact) mass is 477 g/mol. The SMILES string of the molecule is CC(C)(C)OC(=O)N1CCN(CCNC(=O)c2ccc(-n3cc(Br)cn3)cc2)CC1. The number of ether oxygens (including phenoxy) is 1. The third-order valence-corrected chi connectivity index (χ3v) is 5.09. The van der Waals surface area contributed by atoms with Gasteiger partial charge in [0.05, 0.1) is 16.4 Å². The number of carbonyl (C=O) groups excluding carboxylic acids is 2. The largest absolute Gasteiger partial charge is 0.444 e. The maximum absolute atomic E-state index is 12.4. The van der Waals surface area contributed by atoms with Gasteiger partial charge in [0.2, 0.25) is 0 Å². The fraction of sp³-hybridized carbons (Fsp3) is 0.476. The first-order chi connectivity index (χ1) is 14.2. The number of benzene rings is 1. The molecule has 0 aliphatic carbocycles. The Balaban J connectivity index is 1.39. The van der Waals surface area contributed by atoms with Gasteiger partial charge in [-0.15, -0.1) is 0 Å². The molecule has 1 fully saturated rings. The number of rotatable bonds is 5. The Morgan fingerprint density at radius 3 is 2.37 bits per heavy atom. The summed E-state index contributed by atoms with van der Waals surface area (Å²) in [5, 5.41) is 7.19. The number of halogens is 1. The van der Waals surface area contributed by atoms with Gasteiger partial charge in [0.25, 0.3) is 5.91 Å². The van der Waals surface area contributed by atoms with Crippen LogP contribution in [-0.2, 0) is 4.74 Å². The number of piperazine rings is 1. The van der Waals surface area contributed by atoms with Gasteiger partial charge in [-0.3, -0.25) is 9.69 Å². The van der Waals surface area contributed by atoms with E-state index in [9.17, 15) is 9.59 Å². The number of hydrogen-bond donors (Lipinski definition) is 1. The van der Waals surface area contributed by atoms with Gasteiger partial charge < -0.3 is 15.0 Å². The molecule has 0 atom stereocenters. The topological polar surface area (TPSA) is 79.7 Å². The molecule has 1 aliphatic heterocycles. The predicted octanol–water partition coefficient (Wildman–Crippen LogP) is 2.92. The molecule has 8 nitrogen and oxygen atoms in total. The summed E-state index contributed by atoms with van der Waals surface area (Å²) in [7, 11) is 0. The van der Waals surface area contributed by atoms with Gasteiger partial charge in [0.1, 0.15) is 5.60 Å². The van der Waals surface area contributed by atoms with Crippen LogP contribution in [0.15, 0.2) is 41.1 Å². The number of nitrogens with zero attached hydrogens (tertiary/aromatic N) is 4. The highest BCUT2D eigenvalue weighted by Crippen LogP contribution is 2.14. The molecule has 1 saturated heterocycles. The van der Waals surface area contributed by atoms with Crippen LogP contribution in [0.25, 0.3) is 5.69 Å². The molecule has 0 bridgehead atoms. The van der Waals surface area contributed by atoms with Gasteiger partial charge >= 0.3 is 6.09 Å². The fourth-order valence-electron chi connectivity index (χ4n) is 3.12. The normalized spacial score (nSPS) is 15.1. The van der Waals surface area contributed by atoms with E-state index in [2.05, 4.69) is 31.2 Å². The molecule has 30 heavy (non-hydrogen) atoms. The van der Waals surface area contributed by atoms with Crippen molar-refractivity contribution in [1.82, 2.24) is 24.9 Å². The zero-order valence-corrected chi connectivity index (χ0v) is 19.2. The van der Waals surface area contributed by atoms with Crippen molar-refractivity contribution < 1.29 is 14.3 Å². The quantitative estimate of drug-likeness (QED) is 0.715. The van der Waals surface area contributed by atoms with E-state index in [0.29, 0.717) is 25.2 Å². The van der Waals surface area contributed by atoms with Gasteiger partial charge in [-0.25, -0.2) is 9.48 Å². The number of aromatic nitrogens is 2. The highest BCUT2D eigenvalue weighted by molar-refractivity contribution is 9.10. The van der Waals surface area contributed by atoms with Crippen molar-refractivity contribution in [1.29, 1.82) is 0 Å². The minimum absolute atomic E-state index is 0.101. The predicted molar refractivity (Wildman–Crippen MR) is 118 cm³/mol. The molecule has 9 heteroatoms. The minimum atomic E-state index is -0.480. The second-order valence-electron chi connectivity index (χ2n) is 8.21. The van der Waals surface area contributed by atoms with Crippen molar-refractivity contribution in [2.24, 2.45) is 0 Å². The van der Waals surface area contributed by atoms with Crippen molar-refractivity contribution >= 4 is 27.9 Å². The Labute approximate surface area is 185 Å². The third-order valence-electron chi connectivity index (χ3n) is 4.68. The summed E-state index contributed by atoms with van der Waals surface area (Å²) < 4.78 is 8.05. The highest BCUT2D eigenvalue weighted by atomic mass is 79.9. The van der Waals surface area contributed by atoms with Gasteiger partial charge in [0.15, 0.2) is 0 Å². The standard InChI is InChI=1S/C21H28BrN5O3/c1-21(2,3)30-20(29)26-12-10-25(11-13-26)9-8-23-19(28)16-4-6-18(7-5-16)27-15-17(22)14-24-27/h4-7,14-15H,8-13H2,1-3H3,(H,23,28). The molecule has 0 unspecified atom stereocenters. The van der Waals surface area contributed by atoms with Crippen molar-refractivity contribution in [3.05, 3.63) is 46.7 Å². The highest BCUT2D eigenvalue weighted by Gasteiger charge is 2.25. The van der Waals surface area contributed by atoms with Gasteiger partial charge in [0, 0.05) is 51.0 Å². The lowest BCUT2D eigenvalue weighted by molar-refractivity contribution is 0.0147. The van der Waals surface area contributed by atoms with Gasteiger partial charge in [-0.2, -0.15) is 5.10 Å².